The minimum absolute atomic E-state index is 0.0432. The molecule has 33 heavy (non-hydrogen) atoms. The zero-order valence-corrected chi connectivity index (χ0v) is 19.3. The van der Waals surface area contributed by atoms with Gasteiger partial charge >= 0.3 is 0 Å². The average Bonchev–Trinajstić information content (AvgIpc) is 2.88. The van der Waals surface area contributed by atoms with E-state index >= 15 is 0 Å². The first-order chi connectivity index (χ1) is 16.2. The molecule has 0 unspecified atom stereocenters. The molecule has 0 saturated carbocycles. The van der Waals surface area contributed by atoms with Crippen LogP contribution in [0.4, 0.5) is 0 Å². The lowest BCUT2D eigenvalue weighted by atomic mass is 9.96. The fourth-order valence-electron chi connectivity index (χ4n) is 4.37. The van der Waals surface area contributed by atoms with Crippen LogP contribution < -0.4 is 21.5 Å². The number of pyridine rings is 1. The van der Waals surface area contributed by atoms with Gasteiger partial charge < -0.3 is 20.9 Å². The molecular formula is C27H32N4O2. The number of fused-ring (bicyclic) bond motifs is 2. The summed E-state index contributed by atoms with van der Waals surface area (Å²) in [5.41, 5.74) is 4.79. The third kappa shape index (κ3) is 5.17. The van der Waals surface area contributed by atoms with E-state index in [2.05, 4.69) is 20.9 Å². The van der Waals surface area contributed by atoms with Crippen LogP contribution in [0.25, 0.3) is 22.7 Å². The Morgan fingerprint density at radius 1 is 1.06 bits per heavy atom. The molecule has 1 amide bonds. The molecule has 3 heterocycles. The Morgan fingerprint density at radius 3 is 2.67 bits per heavy atom. The van der Waals surface area contributed by atoms with Gasteiger partial charge in [0.05, 0.1) is 5.56 Å². The maximum Gasteiger partial charge on any atom is 0.257 e. The van der Waals surface area contributed by atoms with Gasteiger partial charge in [-0.1, -0.05) is 38.1 Å². The summed E-state index contributed by atoms with van der Waals surface area (Å²) in [6.07, 6.45) is 4.16. The van der Waals surface area contributed by atoms with Crippen molar-refractivity contribution in [2.45, 2.75) is 33.2 Å². The maximum absolute atomic E-state index is 12.7. The first kappa shape index (κ1) is 22.8. The third-order valence-corrected chi connectivity index (χ3v) is 6.23. The number of hydrogen-bond acceptors (Lipinski definition) is 4. The van der Waals surface area contributed by atoms with Crippen molar-refractivity contribution in [3.05, 3.63) is 81.1 Å². The van der Waals surface area contributed by atoms with E-state index in [-0.39, 0.29) is 11.5 Å². The number of para-hydroxylation sites is 1. The number of amides is 1. The normalized spacial score (nSPS) is 15.5. The van der Waals surface area contributed by atoms with Gasteiger partial charge in [0.15, 0.2) is 0 Å². The maximum atomic E-state index is 12.7. The van der Waals surface area contributed by atoms with E-state index in [1.165, 1.54) is 0 Å². The summed E-state index contributed by atoms with van der Waals surface area (Å²) in [5, 5.41) is 10.8. The fraction of sp³-hybridized carbons (Fsp3) is 0.333. The highest BCUT2D eigenvalue weighted by Gasteiger charge is 2.18. The molecule has 3 aromatic rings. The van der Waals surface area contributed by atoms with Gasteiger partial charge in [-0.25, -0.2) is 0 Å². The summed E-state index contributed by atoms with van der Waals surface area (Å²) < 4.78 is 0. The van der Waals surface area contributed by atoms with Crippen molar-refractivity contribution in [1.82, 2.24) is 20.9 Å². The number of benzene rings is 2. The molecule has 0 radical (unpaired) electrons. The number of aromatic amines is 1. The van der Waals surface area contributed by atoms with Gasteiger partial charge in [0.2, 0.25) is 0 Å². The Balaban J connectivity index is 0.00000126. The van der Waals surface area contributed by atoms with E-state index in [1.807, 2.05) is 68.5 Å². The molecular weight excluding hydrogens is 412 g/mol. The van der Waals surface area contributed by atoms with Crippen molar-refractivity contribution in [3.8, 4) is 0 Å². The predicted molar refractivity (Wildman–Crippen MR) is 135 cm³/mol. The Kier molecular flexibility index (Phi) is 7.25. The molecule has 2 aliphatic heterocycles. The molecule has 1 saturated heterocycles. The molecule has 1 fully saturated rings. The van der Waals surface area contributed by atoms with E-state index < -0.39 is 0 Å². The van der Waals surface area contributed by atoms with Gasteiger partial charge in [-0.15, -0.1) is 0 Å². The van der Waals surface area contributed by atoms with E-state index in [9.17, 15) is 9.59 Å². The minimum atomic E-state index is -0.128. The number of carbonyl (C=O) groups excluding carboxylic acids is 1. The summed E-state index contributed by atoms with van der Waals surface area (Å²) in [6.45, 7) is 7.37. The van der Waals surface area contributed by atoms with Crippen LogP contribution in [-0.4, -0.2) is 30.5 Å². The smallest absolute Gasteiger partial charge is 0.257 e. The molecule has 6 nitrogen and oxygen atoms in total. The minimum Gasteiger partial charge on any atom is -0.380 e. The standard InChI is InChI=1S/C25H26N4O2.C2H6/c30-24(28-14-16-7-9-26-10-8-16)18-5-6-19-15-27-23(13-20(19)11-18)21-12-17-3-1-2-4-22(17)29-25(21)31;1-2/h1-6,11-13,16,26-27H,7-10,14-15H2,(H,28,30)(H,29,31);1-2H3. The van der Waals surface area contributed by atoms with Gasteiger partial charge in [-0.2, -0.15) is 0 Å². The molecule has 6 heteroatoms. The Hall–Kier alpha value is -3.38. The summed E-state index contributed by atoms with van der Waals surface area (Å²) in [4.78, 5) is 28.3. The predicted octanol–water partition coefficient (Wildman–Crippen LogP) is 3.89. The van der Waals surface area contributed by atoms with E-state index in [0.29, 0.717) is 30.1 Å². The lowest BCUT2D eigenvalue weighted by Crippen LogP contribution is -2.36. The van der Waals surface area contributed by atoms with Crippen molar-refractivity contribution >= 4 is 28.6 Å². The number of rotatable bonds is 4. The zero-order chi connectivity index (χ0) is 23.2. The van der Waals surface area contributed by atoms with Crippen LogP contribution in [0.5, 0.6) is 0 Å². The second-order valence-corrected chi connectivity index (χ2v) is 8.33. The Bertz CT molecular complexity index is 1220. The van der Waals surface area contributed by atoms with Gasteiger partial charge in [0, 0.05) is 29.9 Å². The number of carbonyl (C=O) groups is 1. The number of piperidine rings is 1. The number of H-pyrrole nitrogens is 1. The molecule has 0 aliphatic carbocycles. The van der Waals surface area contributed by atoms with Crippen molar-refractivity contribution in [2.75, 3.05) is 19.6 Å². The molecule has 1 aromatic heterocycles. The van der Waals surface area contributed by atoms with Gasteiger partial charge in [-0.3, -0.25) is 9.59 Å². The van der Waals surface area contributed by atoms with E-state index in [4.69, 9.17) is 0 Å². The van der Waals surface area contributed by atoms with Crippen molar-refractivity contribution in [3.63, 3.8) is 0 Å². The van der Waals surface area contributed by atoms with E-state index in [0.717, 1.165) is 53.7 Å². The number of nitrogens with one attached hydrogen (secondary N) is 4. The highest BCUT2D eigenvalue weighted by molar-refractivity contribution is 5.96. The number of aromatic nitrogens is 1. The van der Waals surface area contributed by atoms with Crippen molar-refractivity contribution in [2.24, 2.45) is 5.92 Å². The molecule has 0 spiro atoms. The van der Waals surface area contributed by atoms with Gasteiger partial charge in [0.25, 0.3) is 11.5 Å². The second-order valence-electron chi connectivity index (χ2n) is 8.33. The van der Waals surface area contributed by atoms with Crippen LogP contribution in [-0.2, 0) is 6.54 Å². The largest absolute Gasteiger partial charge is 0.380 e. The summed E-state index contributed by atoms with van der Waals surface area (Å²) in [5.74, 6) is 0.497. The molecule has 5 rings (SSSR count). The molecule has 172 valence electrons. The average molecular weight is 445 g/mol. The summed E-state index contributed by atoms with van der Waals surface area (Å²) in [6, 6.07) is 15.4. The van der Waals surface area contributed by atoms with Crippen LogP contribution in [0.3, 0.4) is 0 Å². The summed E-state index contributed by atoms with van der Waals surface area (Å²) >= 11 is 0. The molecule has 0 bridgehead atoms. The lowest BCUT2D eigenvalue weighted by Gasteiger charge is -2.23. The van der Waals surface area contributed by atoms with Gasteiger partial charge in [0.1, 0.15) is 0 Å². The van der Waals surface area contributed by atoms with Crippen LogP contribution in [0.15, 0.2) is 53.3 Å². The van der Waals surface area contributed by atoms with Gasteiger partial charge in [-0.05, 0) is 78.7 Å². The topological polar surface area (TPSA) is 86.0 Å². The molecule has 0 atom stereocenters. The molecule has 2 aliphatic rings. The highest BCUT2D eigenvalue weighted by atomic mass is 16.1. The quantitative estimate of drug-likeness (QED) is 0.492. The Labute approximate surface area is 194 Å². The third-order valence-electron chi connectivity index (χ3n) is 6.23. The first-order valence-corrected chi connectivity index (χ1v) is 11.9. The molecule has 4 N–H and O–H groups in total. The van der Waals surface area contributed by atoms with Crippen LogP contribution >= 0.6 is 0 Å². The molecule has 2 aromatic carbocycles. The monoisotopic (exact) mass is 444 g/mol. The second kappa shape index (κ2) is 10.5. The zero-order valence-electron chi connectivity index (χ0n) is 19.3. The first-order valence-electron chi connectivity index (χ1n) is 11.9. The van der Waals surface area contributed by atoms with Crippen LogP contribution in [0, 0.1) is 5.92 Å². The number of hydrogen-bond donors (Lipinski definition) is 4. The van der Waals surface area contributed by atoms with Crippen molar-refractivity contribution < 1.29 is 4.79 Å². The SMILES string of the molecule is CC.O=C(NCC1CCNCC1)c1ccc2c(c1)C=C(c1cc3ccccc3[nH]c1=O)NC2. The lowest BCUT2D eigenvalue weighted by molar-refractivity contribution is 0.0944. The van der Waals surface area contributed by atoms with Crippen molar-refractivity contribution in [1.29, 1.82) is 0 Å². The van der Waals surface area contributed by atoms with Crippen LogP contribution in [0.2, 0.25) is 0 Å². The Morgan fingerprint density at radius 2 is 1.85 bits per heavy atom. The van der Waals surface area contributed by atoms with E-state index in [1.54, 1.807) is 0 Å². The fourth-order valence-corrected chi connectivity index (χ4v) is 4.37. The van der Waals surface area contributed by atoms with Crippen LogP contribution in [0.1, 0.15) is 53.7 Å². The highest BCUT2D eigenvalue weighted by Crippen LogP contribution is 2.24. The summed E-state index contributed by atoms with van der Waals surface area (Å²) in [7, 11) is 0.